The number of amides is 1. The van der Waals surface area contributed by atoms with Crippen LogP contribution >= 0.6 is 24.0 Å². The second-order valence-corrected chi connectivity index (χ2v) is 6.79. The van der Waals surface area contributed by atoms with E-state index in [1.54, 1.807) is 43.5 Å². The smallest absolute Gasteiger partial charge is 0.327 e. The van der Waals surface area contributed by atoms with E-state index in [4.69, 9.17) is 16.6 Å². The van der Waals surface area contributed by atoms with Crippen molar-refractivity contribution in [3.63, 3.8) is 0 Å². The number of carboxylic acid groups (broad SMARTS) is 1. The lowest BCUT2D eigenvalue weighted by Crippen LogP contribution is -2.47. The summed E-state index contributed by atoms with van der Waals surface area (Å²) in [7, 11) is 0. The molecule has 2 atom stereocenters. The third-order valence-corrected chi connectivity index (χ3v) is 4.94. The molecule has 1 saturated heterocycles. The average molecular weight is 351 g/mol. The molecule has 1 amide bonds. The molecular formula is C16H17NO4S2. The predicted octanol–water partition coefficient (Wildman–Crippen LogP) is 3.54. The summed E-state index contributed by atoms with van der Waals surface area (Å²) in [5.74, 6) is -0.924. The van der Waals surface area contributed by atoms with Gasteiger partial charge in [-0.05, 0) is 30.2 Å². The number of carboxylic acids is 1. The summed E-state index contributed by atoms with van der Waals surface area (Å²) in [4.78, 5) is 25.7. The minimum absolute atomic E-state index is 0.187. The van der Waals surface area contributed by atoms with Crippen LogP contribution in [0.2, 0.25) is 0 Å². The zero-order valence-electron chi connectivity index (χ0n) is 12.8. The first kappa shape index (κ1) is 17.5. The predicted molar refractivity (Wildman–Crippen MR) is 93.7 cm³/mol. The highest BCUT2D eigenvalue weighted by Crippen LogP contribution is 2.34. The van der Waals surface area contributed by atoms with Gasteiger partial charge in [0.25, 0.3) is 5.91 Å². The van der Waals surface area contributed by atoms with Gasteiger partial charge in [0.15, 0.2) is 0 Å². The molecule has 0 bridgehead atoms. The first-order valence-electron chi connectivity index (χ1n) is 7.15. The maximum absolute atomic E-state index is 12.5. The molecule has 1 fully saturated rings. The molecule has 23 heavy (non-hydrogen) atoms. The quantitative estimate of drug-likeness (QED) is 0.624. The standard InChI is InChI=1S/C16H17NO4S2/c1-3-10(2)13(15(19)20)17-14(18)12(23-16(17)22)8-4-6-11-7-5-9-21-11/h4-10,13H,3H2,1-2H3,(H,19,20)/b6-4+,12-8-/t10-,13-/m1/s1. The number of nitrogens with zero attached hydrogens (tertiary/aromatic N) is 1. The molecule has 1 aromatic heterocycles. The first-order valence-corrected chi connectivity index (χ1v) is 8.38. The summed E-state index contributed by atoms with van der Waals surface area (Å²) in [6.07, 6.45) is 7.23. The summed E-state index contributed by atoms with van der Waals surface area (Å²) in [5.41, 5.74) is 0. The molecule has 1 aliphatic rings. The van der Waals surface area contributed by atoms with Crippen molar-refractivity contribution in [2.45, 2.75) is 26.3 Å². The maximum atomic E-state index is 12.5. The van der Waals surface area contributed by atoms with Crippen LogP contribution in [0.15, 0.2) is 39.9 Å². The molecule has 0 spiro atoms. The van der Waals surface area contributed by atoms with Gasteiger partial charge in [0.2, 0.25) is 0 Å². The number of hydrogen-bond acceptors (Lipinski definition) is 5. The van der Waals surface area contributed by atoms with E-state index in [2.05, 4.69) is 0 Å². The minimum Gasteiger partial charge on any atom is -0.480 e. The van der Waals surface area contributed by atoms with E-state index in [1.165, 1.54) is 4.90 Å². The molecule has 0 aromatic carbocycles. The van der Waals surface area contributed by atoms with Crippen molar-refractivity contribution in [3.8, 4) is 0 Å². The summed E-state index contributed by atoms with van der Waals surface area (Å²) >= 11 is 6.33. The molecule has 5 nitrogen and oxygen atoms in total. The molecule has 1 N–H and O–H groups in total. The fraction of sp³-hybridized carbons (Fsp3) is 0.312. The molecule has 2 heterocycles. The van der Waals surface area contributed by atoms with Crippen LogP contribution in [0, 0.1) is 5.92 Å². The van der Waals surface area contributed by atoms with E-state index in [9.17, 15) is 14.7 Å². The lowest BCUT2D eigenvalue weighted by molar-refractivity contribution is -0.147. The van der Waals surface area contributed by atoms with Crippen molar-refractivity contribution >= 4 is 46.3 Å². The van der Waals surface area contributed by atoms with Gasteiger partial charge < -0.3 is 9.52 Å². The van der Waals surface area contributed by atoms with E-state index in [1.807, 2.05) is 6.92 Å². The second kappa shape index (κ2) is 7.61. The lowest BCUT2D eigenvalue weighted by atomic mass is 9.98. The highest BCUT2D eigenvalue weighted by atomic mass is 32.2. The van der Waals surface area contributed by atoms with E-state index in [0.29, 0.717) is 17.1 Å². The van der Waals surface area contributed by atoms with Crippen LogP contribution in [0.4, 0.5) is 0 Å². The topological polar surface area (TPSA) is 70.8 Å². The van der Waals surface area contributed by atoms with Crippen molar-refractivity contribution < 1.29 is 19.1 Å². The van der Waals surface area contributed by atoms with Crippen LogP contribution in [0.1, 0.15) is 26.0 Å². The highest BCUT2D eigenvalue weighted by molar-refractivity contribution is 8.26. The molecule has 1 aliphatic heterocycles. The van der Waals surface area contributed by atoms with Gasteiger partial charge in [0.05, 0.1) is 11.2 Å². The van der Waals surface area contributed by atoms with Gasteiger partial charge >= 0.3 is 5.97 Å². The van der Waals surface area contributed by atoms with Gasteiger partial charge in [-0.2, -0.15) is 0 Å². The Labute approximate surface area is 144 Å². The number of furan rings is 1. The number of rotatable bonds is 6. The van der Waals surface area contributed by atoms with Crippen LogP contribution in [-0.2, 0) is 9.59 Å². The van der Waals surface area contributed by atoms with E-state index in [0.717, 1.165) is 11.8 Å². The molecular weight excluding hydrogens is 334 g/mol. The molecule has 0 unspecified atom stereocenters. The van der Waals surface area contributed by atoms with Crippen molar-refractivity contribution in [1.82, 2.24) is 4.90 Å². The zero-order valence-corrected chi connectivity index (χ0v) is 14.4. The van der Waals surface area contributed by atoms with Gasteiger partial charge in [-0.15, -0.1) is 0 Å². The Hall–Kier alpha value is -1.86. The SMILES string of the molecule is CC[C@@H](C)[C@H](C(=O)O)N1C(=O)/C(=C/C=C/c2ccco2)SC1=S. The molecule has 2 rings (SSSR count). The first-order chi connectivity index (χ1) is 11.0. The third kappa shape index (κ3) is 3.92. The monoisotopic (exact) mass is 351 g/mol. The van der Waals surface area contributed by atoms with E-state index < -0.39 is 12.0 Å². The van der Waals surface area contributed by atoms with Crippen molar-refractivity contribution in [3.05, 3.63) is 41.2 Å². The summed E-state index contributed by atoms with van der Waals surface area (Å²) in [6.45, 7) is 3.69. The molecule has 0 radical (unpaired) electrons. The minimum atomic E-state index is -1.04. The Kier molecular flexibility index (Phi) is 5.79. The van der Waals surface area contributed by atoms with Crippen LogP contribution in [-0.4, -0.2) is 32.2 Å². The Morgan fingerprint density at radius 2 is 2.30 bits per heavy atom. The number of aliphatic carboxylic acids is 1. The van der Waals surface area contributed by atoms with E-state index >= 15 is 0 Å². The summed E-state index contributed by atoms with van der Waals surface area (Å²) in [6, 6.07) is 2.62. The number of carbonyl (C=O) groups is 2. The lowest BCUT2D eigenvalue weighted by Gasteiger charge is -2.27. The fourth-order valence-corrected chi connectivity index (χ4v) is 3.46. The van der Waals surface area contributed by atoms with Crippen LogP contribution in [0.3, 0.4) is 0 Å². The van der Waals surface area contributed by atoms with Gasteiger partial charge in [-0.3, -0.25) is 9.69 Å². The molecule has 0 aliphatic carbocycles. The Morgan fingerprint density at radius 3 is 2.87 bits per heavy atom. The van der Waals surface area contributed by atoms with Gasteiger partial charge in [-0.25, -0.2) is 4.79 Å². The fourth-order valence-electron chi connectivity index (χ4n) is 2.18. The number of allylic oxidation sites excluding steroid dienone is 2. The van der Waals surface area contributed by atoms with E-state index in [-0.39, 0.29) is 16.1 Å². The molecule has 122 valence electrons. The van der Waals surface area contributed by atoms with Crippen LogP contribution < -0.4 is 0 Å². The van der Waals surface area contributed by atoms with Gasteiger partial charge in [0.1, 0.15) is 16.1 Å². The third-order valence-electron chi connectivity index (χ3n) is 3.59. The Morgan fingerprint density at radius 1 is 1.57 bits per heavy atom. The van der Waals surface area contributed by atoms with Crippen LogP contribution in [0.25, 0.3) is 6.08 Å². The van der Waals surface area contributed by atoms with Crippen molar-refractivity contribution in [2.75, 3.05) is 0 Å². The Bertz CT molecular complexity index is 664. The Balaban J connectivity index is 2.20. The summed E-state index contributed by atoms with van der Waals surface area (Å²) < 4.78 is 5.44. The number of thiocarbonyl (C=S) groups is 1. The largest absolute Gasteiger partial charge is 0.480 e. The van der Waals surface area contributed by atoms with Gasteiger partial charge in [-0.1, -0.05) is 50.3 Å². The average Bonchev–Trinajstić information content (AvgIpc) is 3.11. The van der Waals surface area contributed by atoms with Crippen molar-refractivity contribution in [2.24, 2.45) is 5.92 Å². The molecule has 7 heteroatoms. The molecule has 1 aromatic rings. The maximum Gasteiger partial charge on any atom is 0.327 e. The summed E-state index contributed by atoms with van der Waals surface area (Å²) in [5, 5.41) is 9.45. The van der Waals surface area contributed by atoms with Gasteiger partial charge in [0, 0.05) is 0 Å². The zero-order chi connectivity index (χ0) is 17.0. The van der Waals surface area contributed by atoms with Crippen LogP contribution in [0.5, 0.6) is 0 Å². The number of carbonyl (C=O) groups excluding carboxylic acids is 1. The second-order valence-electron chi connectivity index (χ2n) is 5.12. The normalized spacial score (nSPS) is 19.7. The number of hydrogen-bond donors (Lipinski definition) is 1. The molecule has 0 saturated carbocycles. The van der Waals surface area contributed by atoms with Crippen molar-refractivity contribution in [1.29, 1.82) is 0 Å². The highest BCUT2D eigenvalue weighted by Gasteiger charge is 2.42. The number of thioether (sulfide) groups is 1.